The van der Waals surface area contributed by atoms with E-state index in [1.54, 1.807) is 36.6 Å². The van der Waals surface area contributed by atoms with E-state index in [4.69, 9.17) is 25.8 Å². The van der Waals surface area contributed by atoms with Crippen molar-refractivity contribution in [2.24, 2.45) is 0 Å². The fourth-order valence-corrected chi connectivity index (χ4v) is 7.09. The number of aromatic nitrogens is 2. The summed E-state index contributed by atoms with van der Waals surface area (Å²) in [6.45, 7) is 5.38. The number of ether oxygens (including phenoxy) is 3. The SMILES string of the molecule is COCOc1cc(-c2c(Cl)c(F)c3c(N4CC5CCC(C4)N5C(=O)OC(C)(C)C)nc(S(C)(=O)=O)nc3c2F)c2c(F)cccc2c1. The van der Waals surface area contributed by atoms with Crippen LogP contribution < -0.4 is 9.64 Å². The van der Waals surface area contributed by atoms with E-state index in [1.807, 2.05) is 0 Å². The molecule has 15 heteroatoms. The first kappa shape index (κ1) is 33.0. The van der Waals surface area contributed by atoms with Crippen LogP contribution in [0, 0.1) is 17.5 Å². The van der Waals surface area contributed by atoms with Gasteiger partial charge in [0.1, 0.15) is 28.5 Å². The fraction of sp³-hybridized carbons (Fsp3) is 0.406. The van der Waals surface area contributed by atoms with Gasteiger partial charge in [-0.15, -0.1) is 0 Å². The molecule has 250 valence electrons. The zero-order valence-corrected chi connectivity index (χ0v) is 27.8. The molecule has 2 unspecified atom stereocenters. The molecule has 4 aromatic rings. The number of sulfone groups is 1. The highest BCUT2D eigenvalue weighted by molar-refractivity contribution is 7.90. The fourth-order valence-electron chi connectivity index (χ4n) is 6.31. The van der Waals surface area contributed by atoms with E-state index in [0.29, 0.717) is 18.2 Å². The van der Waals surface area contributed by atoms with E-state index in [9.17, 15) is 13.2 Å². The number of anilines is 1. The summed E-state index contributed by atoms with van der Waals surface area (Å²) in [5.41, 5.74) is -2.05. The van der Waals surface area contributed by atoms with E-state index in [1.165, 1.54) is 25.3 Å². The van der Waals surface area contributed by atoms with Gasteiger partial charge in [-0.3, -0.25) is 4.90 Å². The summed E-state index contributed by atoms with van der Waals surface area (Å²) in [7, 11) is -2.74. The second kappa shape index (κ2) is 12.0. The maximum atomic E-state index is 16.8. The minimum absolute atomic E-state index is 0.0655. The first-order valence-corrected chi connectivity index (χ1v) is 17.0. The maximum absolute atomic E-state index is 16.8. The third kappa shape index (κ3) is 6.02. The molecule has 1 aromatic heterocycles. The van der Waals surface area contributed by atoms with Crippen molar-refractivity contribution < 1.29 is 40.6 Å². The van der Waals surface area contributed by atoms with Crippen LogP contribution in [0.25, 0.3) is 32.8 Å². The summed E-state index contributed by atoms with van der Waals surface area (Å²) in [6, 6.07) is 6.28. The van der Waals surface area contributed by atoms with Gasteiger partial charge >= 0.3 is 6.09 Å². The lowest BCUT2D eigenvalue weighted by atomic mass is 9.95. The van der Waals surface area contributed by atoms with Crippen molar-refractivity contribution in [3.05, 3.63) is 52.8 Å². The molecule has 0 spiro atoms. The number of nitrogens with zero attached hydrogens (tertiary/aromatic N) is 4. The predicted molar refractivity (Wildman–Crippen MR) is 170 cm³/mol. The van der Waals surface area contributed by atoms with E-state index < -0.39 is 65.6 Å². The first-order chi connectivity index (χ1) is 22.1. The summed E-state index contributed by atoms with van der Waals surface area (Å²) in [6.07, 6.45) is 1.59. The zero-order chi connectivity index (χ0) is 34.0. The molecule has 2 fully saturated rings. The van der Waals surface area contributed by atoms with Gasteiger partial charge in [0, 0.05) is 43.0 Å². The molecule has 0 aliphatic carbocycles. The molecular formula is C32H32ClF3N4O6S. The monoisotopic (exact) mass is 692 g/mol. The van der Waals surface area contributed by atoms with Crippen LogP contribution in [-0.4, -0.2) is 80.3 Å². The van der Waals surface area contributed by atoms with Crippen molar-refractivity contribution in [3.8, 4) is 16.9 Å². The summed E-state index contributed by atoms with van der Waals surface area (Å²) < 4.78 is 90.4. The van der Waals surface area contributed by atoms with Gasteiger partial charge in [-0.2, -0.15) is 0 Å². The highest BCUT2D eigenvalue weighted by atomic mass is 35.5. The normalized spacial score (nSPS) is 18.3. The highest BCUT2D eigenvalue weighted by Gasteiger charge is 2.45. The molecule has 2 aliphatic rings. The molecule has 1 amide bonds. The quantitative estimate of drug-likeness (QED) is 0.127. The molecule has 2 aliphatic heterocycles. The molecule has 2 atom stereocenters. The van der Waals surface area contributed by atoms with Gasteiger partial charge in [0.15, 0.2) is 18.4 Å². The van der Waals surface area contributed by atoms with Gasteiger partial charge in [-0.1, -0.05) is 23.7 Å². The maximum Gasteiger partial charge on any atom is 0.410 e. The minimum atomic E-state index is -4.14. The zero-order valence-electron chi connectivity index (χ0n) is 26.2. The van der Waals surface area contributed by atoms with Gasteiger partial charge in [0.05, 0.1) is 22.5 Å². The number of hydrogen-bond acceptors (Lipinski definition) is 9. The number of carbonyl (C=O) groups excluding carboxylic acids is 1. The van der Waals surface area contributed by atoms with Crippen LogP contribution in [-0.2, 0) is 19.3 Å². The van der Waals surface area contributed by atoms with Crippen LogP contribution in [0.15, 0.2) is 35.5 Å². The van der Waals surface area contributed by atoms with Crippen molar-refractivity contribution in [1.82, 2.24) is 14.9 Å². The number of piperazine rings is 1. The first-order valence-electron chi connectivity index (χ1n) is 14.8. The van der Waals surface area contributed by atoms with Crippen molar-refractivity contribution in [1.29, 1.82) is 0 Å². The lowest BCUT2D eigenvalue weighted by Gasteiger charge is -2.42. The number of benzene rings is 3. The van der Waals surface area contributed by atoms with Gasteiger partial charge in [0.2, 0.25) is 15.0 Å². The average Bonchev–Trinajstić information content (AvgIpc) is 3.26. The van der Waals surface area contributed by atoms with Crippen LogP contribution in [0.5, 0.6) is 5.75 Å². The van der Waals surface area contributed by atoms with Crippen molar-refractivity contribution in [2.45, 2.75) is 56.5 Å². The summed E-state index contributed by atoms with van der Waals surface area (Å²) in [4.78, 5) is 24.5. The molecule has 0 radical (unpaired) electrons. The number of amides is 1. The second-order valence-corrected chi connectivity index (χ2v) is 15.0. The minimum Gasteiger partial charge on any atom is -0.468 e. The molecule has 47 heavy (non-hydrogen) atoms. The Balaban J connectivity index is 1.55. The number of rotatable bonds is 6. The standard InChI is InChI=1S/C32H32ClF3N4O6S/c1-32(2,3)46-31(41)40-17-9-10-18(40)14-39(13-17)29-24-26(35)25(33)23(27(36)28(24)37-30(38-29)47(5,42)43)20-12-19(45-15-44-4)11-16-7-6-8-21(34)22(16)20/h6-8,11-12,17-18H,9-10,13-15H2,1-5H3. The predicted octanol–water partition coefficient (Wildman–Crippen LogP) is 6.50. The number of carbonyl (C=O) groups is 1. The lowest BCUT2D eigenvalue weighted by molar-refractivity contribution is 0.0122. The van der Waals surface area contributed by atoms with Crippen LogP contribution >= 0.6 is 11.6 Å². The van der Waals surface area contributed by atoms with Crippen LogP contribution in [0.4, 0.5) is 23.8 Å². The van der Waals surface area contributed by atoms with Gasteiger partial charge < -0.3 is 19.1 Å². The Morgan fingerprint density at radius 3 is 2.34 bits per heavy atom. The second-order valence-electron chi connectivity index (χ2n) is 12.7. The van der Waals surface area contributed by atoms with Gasteiger partial charge in [-0.05, 0) is 57.2 Å². The Morgan fingerprint density at radius 1 is 1.04 bits per heavy atom. The van der Waals surface area contributed by atoms with E-state index in [0.717, 1.165) is 12.3 Å². The summed E-state index contributed by atoms with van der Waals surface area (Å²) >= 11 is 6.59. The van der Waals surface area contributed by atoms with E-state index in [2.05, 4.69) is 9.97 Å². The molecule has 3 aromatic carbocycles. The van der Waals surface area contributed by atoms with Crippen molar-refractivity contribution in [2.75, 3.05) is 38.1 Å². The smallest absolute Gasteiger partial charge is 0.410 e. The van der Waals surface area contributed by atoms with Gasteiger partial charge in [0.25, 0.3) is 0 Å². The molecule has 2 bridgehead atoms. The van der Waals surface area contributed by atoms with Crippen molar-refractivity contribution in [3.63, 3.8) is 0 Å². The molecule has 6 rings (SSSR count). The van der Waals surface area contributed by atoms with Gasteiger partial charge in [-0.25, -0.2) is 36.4 Å². The topological polar surface area (TPSA) is 111 Å². The molecule has 3 heterocycles. The Hall–Kier alpha value is -3.88. The number of halogens is 4. The van der Waals surface area contributed by atoms with Crippen LogP contribution in [0.3, 0.4) is 0 Å². The Kier molecular flexibility index (Phi) is 8.42. The van der Waals surface area contributed by atoms with Crippen LogP contribution in [0.2, 0.25) is 5.02 Å². The Bertz CT molecular complexity index is 2030. The van der Waals surface area contributed by atoms with Crippen molar-refractivity contribution >= 4 is 55.0 Å². The number of fused-ring (bicyclic) bond motifs is 4. The Labute approximate surface area is 274 Å². The highest BCUT2D eigenvalue weighted by Crippen LogP contribution is 2.45. The Morgan fingerprint density at radius 2 is 1.72 bits per heavy atom. The molecule has 2 saturated heterocycles. The van der Waals surface area contributed by atoms with Crippen LogP contribution in [0.1, 0.15) is 33.6 Å². The molecule has 0 N–H and O–H groups in total. The number of methoxy groups -OCH3 is 1. The summed E-state index contributed by atoms with van der Waals surface area (Å²) in [5, 5.41) is -1.62. The molecule has 0 saturated carbocycles. The number of hydrogen-bond donors (Lipinski definition) is 0. The largest absolute Gasteiger partial charge is 0.468 e. The third-order valence-corrected chi connectivity index (χ3v) is 9.36. The molecular weight excluding hydrogens is 661 g/mol. The van der Waals surface area contributed by atoms with E-state index in [-0.39, 0.29) is 54.5 Å². The lowest BCUT2D eigenvalue weighted by Crippen LogP contribution is -2.57. The summed E-state index contributed by atoms with van der Waals surface area (Å²) in [5.74, 6) is -3.06. The molecule has 10 nitrogen and oxygen atoms in total. The third-order valence-electron chi connectivity index (χ3n) is 8.16. The average molecular weight is 693 g/mol. The van der Waals surface area contributed by atoms with E-state index >= 15 is 13.2 Å².